The SMILES string of the molecule is C=CCC(=O)CC(=O)SCCNC(=O)CCNC(=O)C(O)C(C)(C)COP(=O)([O-])OP(=O)([O-])OCC1OC(n2cnc3c(N)ncnc32)C(O)C1OP(=O)([O-])[O-]. The van der Waals surface area contributed by atoms with Gasteiger partial charge in [-0.2, -0.15) is 0 Å². The molecular weight excluding hydrogens is 835 g/mol. The number of ketones is 1. The molecule has 314 valence electrons. The summed E-state index contributed by atoms with van der Waals surface area (Å²) < 4.78 is 60.4. The van der Waals surface area contributed by atoms with Crippen molar-refractivity contribution in [2.45, 2.75) is 63.8 Å². The number of Topliss-reactive ketones (excluding diaryl/α,β-unsaturated/α-hetero) is 1. The molecule has 7 unspecified atom stereocenters. The molecule has 0 spiro atoms. The van der Waals surface area contributed by atoms with Gasteiger partial charge >= 0.3 is 0 Å². The van der Waals surface area contributed by atoms with Gasteiger partial charge in [-0.05, 0) is 0 Å². The van der Waals surface area contributed by atoms with E-state index in [4.69, 9.17) is 10.5 Å². The lowest BCUT2D eigenvalue weighted by molar-refractivity contribution is -0.347. The number of aromatic nitrogens is 4. The van der Waals surface area contributed by atoms with Gasteiger partial charge < -0.3 is 69.0 Å². The first kappa shape index (κ1) is 47.3. The predicted molar refractivity (Wildman–Crippen MR) is 183 cm³/mol. The van der Waals surface area contributed by atoms with Crippen molar-refractivity contribution in [3.05, 3.63) is 25.3 Å². The van der Waals surface area contributed by atoms with Crippen LogP contribution in [0.3, 0.4) is 0 Å². The maximum absolute atomic E-state index is 12.5. The first-order chi connectivity index (χ1) is 25.9. The van der Waals surface area contributed by atoms with Crippen molar-refractivity contribution in [3.63, 3.8) is 0 Å². The second-order valence-electron chi connectivity index (χ2n) is 12.4. The van der Waals surface area contributed by atoms with Crippen LogP contribution in [-0.2, 0) is 55.5 Å². The smallest absolute Gasteiger partial charge is 0.274 e. The molecule has 2 aromatic rings. The van der Waals surface area contributed by atoms with Crippen molar-refractivity contribution in [3.8, 4) is 0 Å². The average Bonchev–Trinajstić information content (AvgIpc) is 3.64. The summed E-state index contributed by atoms with van der Waals surface area (Å²) in [6.07, 6.45) is -6.54. The molecule has 0 bridgehead atoms. The first-order valence-electron chi connectivity index (χ1n) is 16.1. The number of carbonyl (C=O) groups excluding carboxylic acids is 4. The number of nitrogens with one attached hydrogen (secondary N) is 2. The number of rotatable bonds is 23. The van der Waals surface area contributed by atoms with Crippen LogP contribution in [0.5, 0.6) is 0 Å². The fraction of sp³-hybridized carbons (Fsp3) is 0.593. The number of thioether (sulfide) groups is 1. The van der Waals surface area contributed by atoms with Crippen molar-refractivity contribution in [2.75, 3.05) is 37.8 Å². The van der Waals surface area contributed by atoms with Gasteiger partial charge in [-0.15, -0.1) is 6.58 Å². The Hall–Kier alpha value is -3.03. The van der Waals surface area contributed by atoms with Gasteiger partial charge in [-0.25, -0.2) is 19.3 Å². The quantitative estimate of drug-likeness (QED) is 0.0315. The molecule has 1 fully saturated rings. The molecule has 0 radical (unpaired) electrons. The molecule has 29 heteroatoms. The highest BCUT2D eigenvalue weighted by atomic mass is 32.2. The average molecular weight is 874 g/mol. The third kappa shape index (κ3) is 14.4. The number of nitrogens with zero attached hydrogens (tertiary/aromatic N) is 4. The third-order valence-electron chi connectivity index (χ3n) is 7.45. The molecular formula is C27H38N7O18P3S-4. The van der Waals surface area contributed by atoms with Crippen molar-refractivity contribution in [1.29, 1.82) is 0 Å². The first-order valence-corrected chi connectivity index (χ1v) is 21.4. The van der Waals surface area contributed by atoms with Crippen molar-refractivity contribution < 1.29 is 85.3 Å². The molecule has 0 saturated carbocycles. The minimum Gasteiger partial charge on any atom is -0.790 e. The number of phosphoric ester groups is 3. The molecule has 0 aliphatic carbocycles. The second kappa shape index (κ2) is 20.1. The van der Waals surface area contributed by atoms with E-state index in [-0.39, 0.29) is 66.0 Å². The predicted octanol–water partition coefficient (Wildman–Crippen LogP) is -3.33. The monoisotopic (exact) mass is 873 g/mol. The summed E-state index contributed by atoms with van der Waals surface area (Å²) >= 11 is 0.858. The molecule has 2 aromatic heterocycles. The molecule has 1 aliphatic rings. The van der Waals surface area contributed by atoms with E-state index in [1.807, 2.05) is 0 Å². The number of hydrogen-bond acceptors (Lipinski definition) is 23. The van der Waals surface area contributed by atoms with Crippen LogP contribution in [0.4, 0.5) is 5.82 Å². The minimum absolute atomic E-state index is 0.0292. The lowest BCUT2D eigenvalue weighted by Gasteiger charge is -2.36. The molecule has 6 N–H and O–H groups in total. The fourth-order valence-corrected chi connectivity index (χ4v) is 8.15. The van der Waals surface area contributed by atoms with Gasteiger partial charge in [0.15, 0.2) is 22.8 Å². The number of imidazole rings is 1. The van der Waals surface area contributed by atoms with Crippen LogP contribution < -0.4 is 35.9 Å². The van der Waals surface area contributed by atoms with Gasteiger partial charge in [-0.3, -0.25) is 32.9 Å². The Morgan fingerprint density at radius 2 is 1.79 bits per heavy atom. The molecule has 3 heterocycles. The Bertz CT molecular complexity index is 1900. The summed E-state index contributed by atoms with van der Waals surface area (Å²) in [4.78, 5) is 107. The van der Waals surface area contributed by atoms with Crippen LogP contribution >= 0.6 is 35.2 Å². The number of allylic oxidation sites excluding steroid dienone is 1. The van der Waals surface area contributed by atoms with E-state index in [1.54, 1.807) is 0 Å². The number of aliphatic hydroxyl groups is 2. The number of ether oxygens (including phenoxy) is 1. The molecule has 3 rings (SSSR count). The maximum Gasteiger partial charge on any atom is 0.274 e. The number of fused-ring (bicyclic) bond motifs is 1. The highest BCUT2D eigenvalue weighted by Gasteiger charge is 2.47. The summed E-state index contributed by atoms with van der Waals surface area (Å²) in [6.45, 7) is 3.28. The van der Waals surface area contributed by atoms with Crippen LogP contribution in [0.1, 0.15) is 39.3 Å². The number of hydrogen-bond donors (Lipinski definition) is 5. The number of amides is 2. The zero-order valence-electron chi connectivity index (χ0n) is 29.5. The molecule has 56 heavy (non-hydrogen) atoms. The molecule has 1 aliphatic heterocycles. The highest BCUT2D eigenvalue weighted by Crippen LogP contribution is 2.56. The normalized spacial score (nSPS) is 21.5. The Morgan fingerprint density at radius 1 is 1.11 bits per heavy atom. The van der Waals surface area contributed by atoms with Gasteiger partial charge in [0.1, 0.15) is 42.0 Å². The lowest BCUT2D eigenvalue weighted by atomic mass is 9.87. The third-order valence-corrected chi connectivity index (χ3v) is 11.3. The van der Waals surface area contributed by atoms with E-state index >= 15 is 0 Å². The van der Waals surface area contributed by atoms with Gasteiger partial charge in [0, 0.05) is 37.1 Å². The second-order valence-corrected chi connectivity index (χ2v) is 17.6. The highest BCUT2D eigenvalue weighted by molar-refractivity contribution is 8.13. The number of nitrogens with two attached hydrogens (primary N) is 1. The Kier molecular flexibility index (Phi) is 17.0. The Balaban J connectivity index is 1.48. The van der Waals surface area contributed by atoms with E-state index in [0.717, 1.165) is 29.0 Å². The van der Waals surface area contributed by atoms with Crippen molar-refractivity contribution in [2.24, 2.45) is 5.41 Å². The molecule has 7 atom stereocenters. The van der Waals surface area contributed by atoms with Crippen LogP contribution in [0.25, 0.3) is 11.2 Å². The molecule has 25 nitrogen and oxygen atoms in total. The number of phosphoric acid groups is 3. The Morgan fingerprint density at radius 3 is 2.45 bits per heavy atom. The van der Waals surface area contributed by atoms with Gasteiger partial charge in [0.05, 0.1) is 33.8 Å². The number of nitrogen functional groups attached to an aromatic ring is 1. The fourth-order valence-electron chi connectivity index (χ4n) is 4.72. The van der Waals surface area contributed by atoms with Gasteiger partial charge in [0.25, 0.3) is 15.6 Å². The summed E-state index contributed by atoms with van der Waals surface area (Å²) in [6, 6.07) is 0. The van der Waals surface area contributed by atoms with Crippen molar-refractivity contribution >= 4 is 74.9 Å². The number of aliphatic hydroxyl groups excluding tert-OH is 2. The van der Waals surface area contributed by atoms with E-state index in [1.165, 1.54) is 19.9 Å². The number of anilines is 1. The standard InChI is InChI=1S/C27H42N7O18P3S/c1-4-5-15(35)10-18(37)56-9-8-29-17(36)6-7-30-25(40)22(39)27(2,3)12-49-55(46,47)52-54(44,45)48-11-16-21(51-53(41,42)43)20(38)26(50-16)34-14-33-19-23(28)31-13-32-24(19)34/h4,13-14,16,20-22,26,38-39H,1,5-12H2,2-3H3,(H,29,36)(H,30,40)(H,44,45)(H,46,47)(H2,28,31,32)(H2,41,42,43)/p-4. The Labute approximate surface area is 322 Å². The van der Waals surface area contributed by atoms with Crippen LogP contribution in [-0.4, -0.2) is 109 Å². The van der Waals surface area contributed by atoms with Gasteiger partial charge in [-0.1, -0.05) is 31.7 Å². The van der Waals surface area contributed by atoms with Crippen molar-refractivity contribution in [1.82, 2.24) is 30.2 Å². The van der Waals surface area contributed by atoms with Gasteiger partial charge in [0.2, 0.25) is 11.8 Å². The van der Waals surface area contributed by atoms with Crippen LogP contribution in [0.2, 0.25) is 0 Å². The zero-order chi connectivity index (χ0) is 42.1. The maximum atomic E-state index is 12.5. The summed E-state index contributed by atoms with van der Waals surface area (Å²) in [5.41, 5.74) is 4.02. The summed E-state index contributed by atoms with van der Waals surface area (Å²) in [7, 11) is -17.6. The van der Waals surface area contributed by atoms with Crippen LogP contribution in [0.15, 0.2) is 25.3 Å². The largest absolute Gasteiger partial charge is 0.790 e. The minimum atomic E-state index is -5.93. The van der Waals surface area contributed by atoms with E-state index in [2.05, 4.69) is 50.0 Å². The van der Waals surface area contributed by atoms with E-state index < -0.39 is 84.6 Å². The number of carbonyl (C=O) groups is 4. The van der Waals surface area contributed by atoms with Crippen LogP contribution in [0, 0.1) is 5.41 Å². The van der Waals surface area contributed by atoms with E-state index in [0.29, 0.717) is 0 Å². The zero-order valence-corrected chi connectivity index (χ0v) is 33.0. The lowest BCUT2D eigenvalue weighted by Crippen LogP contribution is -2.46. The molecule has 2 amide bonds. The van der Waals surface area contributed by atoms with E-state index in [9.17, 15) is 62.7 Å². The summed E-state index contributed by atoms with van der Waals surface area (Å²) in [5.74, 6) is -1.75. The summed E-state index contributed by atoms with van der Waals surface area (Å²) in [5, 5.41) is 25.7. The molecule has 1 saturated heterocycles. The topological polar surface area (TPSA) is 392 Å². The molecule has 0 aromatic carbocycles.